The molecule has 2 amide bonds. The van der Waals surface area contributed by atoms with Gasteiger partial charge in [0.25, 0.3) is 15.9 Å². The summed E-state index contributed by atoms with van der Waals surface area (Å²) < 4.78 is 28.5. The molecule has 7 nitrogen and oxygen atoms in total. The van der Waals surface area contributed by atoms with E-state index in [2.05, 4.69) is 10.6 Å². The van der Waals surface area contributed by atoms with Gasteiger partial charge in [0.05, 0.1) is 21.8 Å². The summed E-state index contributed by atoms with van der Waals surface area (Å²) in [5.41, 5.74) is 4.91. The van der Waals surface area contributed by atoms with E-state index in [1.165, 1.54) is 12.1 Å². The highest BCUT2D eigenvalue weighted by molar-refractivity contribution is 7.92. The molecule has 40 heavy (non-hydrogen) atoms. The zero-order valence-corrected chi connectivity index (χ0v) is 23.7. The van der Waals surface area contributed by atoms with Crippen molar-refractivity contribution in [1.29, 1.82) is 0 Å². The molecular formula is C32H33N3O4S. The number of aryl methyl sites for hydroxylation is 3. The Morgan fingerprint density at radius 2 is 1.45 bits per heavy atom. The average Bonchev–Trinajstić information content (AvgIpc) is 2.94. The Hall–Kier alpha value is -4.43. The van der Waals surface area contributed by atoms with Crippen LogP contribution < -0.4 is 14.9 Å². The summed E-state index contributed by atoms with van der Waals surface area (Å²) in [5, 5.41) is 5.65. The highest BCUT2D eigenvalue weighted by Gasteiger charge is 2.28. The SMILES string of the molecule is Cc1ccc(S(=O)(=O)N(CC(=O)Nc2ccccc2C(=O)NCCc2ccccc2)c2ccc(C)c(C)c2)cc1. The van der Waals surface area contributed by atoms with Crippen molar-refractivity contribution in [3.05, 3.63) is 125 Å². The maximum absolute atomic E-state index is 13.7. The summed E-state index contributed by atoms with van der Waals surface area (Å²) in [7, 11) is -4.06. The number of hydrogen-bond acceptors (Lipinski definition) is 4. The number of rotatable bonds is 10. The van der Waals surface area contributed by atoms with Gasteiger partial charge in [0.15, 0.2) is 0 Å². The monoisotopic (exact) mass is 555 g/mol. The summed E-state index contributed by atoms with van der Waals surface area (Å²) in [4.78, 5) is 26.3. The molecule has 0 saturated carbocycles. The summed E-state index contributed by atoms with van der Waals surface area (Å²) in [5.74, 6) is -0.899. The van der Waals surface area contributed by atoms with Gasteiger partial charge in [-0.2, -0.15) is 0 Å². The first-order valence-corrected chi connectivity index (χ1v) is 14.5. The normalized spacial score (nSPS) is 11.1. The second kappa shape index (κ2) is 12.6. The lowest BCUT2D eigenvalue weighted by Gasteiger charge is -2.25. The predicted molar refractivity (Wildman–Crippen MR) is 159 cm³/mol. The van der Waals surface area contributed by atoms with Crippen LogP contribution in [0, 0.1) is 20.8 Å². The number of hydrogen-bond donors (Lipinski definition) is 2. The Balaban J connectivity index is 1.54. The van der Waals surface area contributed by atoms with Crippen LogP contribution in [0.3, 0.4) is 0 Å². The molecule has 0 radical (unpaired) electrons. The third-order valence-electron chi connectivity index (χ3n) is 6.66. The molecule has 0 aliphatic heterocycles. The van der Waals surface area contributed by atoms with E-state index >= 15 is 0 Å². The Kier molecular flexibility index (Phi) is 9.01. The van der Waals surface area contributed by atoms with Crippen LogP contribution >= 0.6 is 0 Å². The zero-order chi connectivity index (χ0) is 28.7. The molecular weight excluding hydrogens is 522 g/mol. The van der Waals surface area contributed by atoms with Gasteiger partial charge in [-0.05, 0) is 80.3 Å². The fourth-order valence-corrected chi connectivity index (χ4v) is 5.62. The fraction of sp³-hybridized carbons (Fsp3) is 0.188. The number of nitrogens with one attached hydrogen (secondary N) is 2. The highest BCUT2D eigenvalue weighted by Crippen LogP contribution is 2.26. The second-order valence-electron chi connectivity index (χ2n) is 9.68. The lowest BCUT2D eigenvalue weighted by atomic mass is 10.1. The molecule has 4 aromatic carbocycles. The summed E-state index contributed by atoms with van der Waals surface area (Å²) >= 11 is 0. The molecule has 0 saturated heterocycles. The lowest BCUT2D eigenvalue weighted by molar-refractivity contribution is -0.114. The van der Waals surface area contributed by atoms with Crippen molar-refractivity contribution in [2.75, 3.05) is 22.7 Å². The average molecular weight is 556 g/mol. The number of amides is 2. The molecule has 206 valence electrons. The lowest BCUT2D eigenvalue weighted by Crippen LogP contribution is -2.38. The molecule has 0 spiro atoms. The topological polar surface area (TPSA) is 95.6 Å². The molecule has 2 N–H and O–H groups in total. The molecule has 4 aromatic rings. The van der Waals surface area contributed by atoms with Crippen molar-refractivity contribution in [3.8, 4) is 0 Å². The first-order chi connectivity index (χ1) is 19.1. The molecule has 0 heterocycles. The van der Waals surface area contributed by atoms with Gasteiger partial charge in [0, 0.05) is 6.54 Å². The quantitative estimate of drug-likeness (QED) is 0.273. The zero-order valence-electron chi connectivity index (χ0n) is 22.8. The largest absolute Gasteiger partial charge is 0.352 e. The van der Waals surface area contributed by atoms with Gasteiger partial charge in [-0.3, -0.25) is 13.9 Å². The van der Waals surface area contributed by atoms with Crippen LogP contribution in [0.25, 0.3) is 0 Å². The molecule has 0 bridgehead atoms. The maximum atomic E-state index is 13.7. The van der Waals surface area contributed by atoms with Crippen molar-refractivity contribution in [3.63, 3.8) is 0 Å². The smallest absolute Gasteiger partial charge is 0.264 e. The van der Waals surface area contributed by atoms with Crippen molar-refractivity contribution >= 4 is 33.2 Å². The number of anilines is 2. The number of para-hydroxylation sites is 1. The minimum Gasteiger partial charge on any atom is -0.352 e. The van der Waals surface area contributed by atoms with E-state index in [-0.39, 0.29) is 10.8 Å². The second-order valence-corrected chi connectivity index (χ2v) is 11.5. The van der Waals surface area contributed by atoms with Crippen LogP contribution in [-0.4, -0.2) is 33.3 Å². The van der Waals surface area contributed by atoms with Crippen molar-refractivity contribution < 1.29 is 18.0 Å². The van der Waals surface area contributed by atoms with E-state index in [9.17, 15) is 18.0 Å². The Morgan fingerprint density at radius 3 is 2.15 bits per heavy atom. The Labute approximate surface area is 235 Å². The van der Waals surface area contributed by atoms with Crippen molar-refractivity contribution in [2.24, 2.45) is 0 Å². The van der Waals surface area contributed by atoms with E-state index in [1.807, 2.05) is 57.2 Å². The van der Waals surface area contributed by atoms with Gasteiger partial charge in [0.1, 0.15) is 6.54 Å². The third kappa shape index (κ3) is 6.95. The third-order valence-corrected chi connectivity index (χ3v) is 8.45. The number of carbonyl (C=O) groups excluding carboxylic acids is 2. The van der Waals surface area contributed by atoms with Crippen molar-refractivity contribution in [1.82, 2.24) is 5.32 Å². The minimum atomic E-state index is -4.06. The fourth-order valence-electron chi connectivity index (χ4n) is 4.20. The van der Waals surface area contributed by atoms with Crippen LogP contribution in [0.2, 0.25) is 0 Å². The number of sulfonamides is 1. The molecule has 0 aromatic heterocycles. The minimum absolute atomic E-state index is 0.0855. The van der Waals surface area contributed by atoms with E-state index in [0.29, 0.717) is 29.9 Å². The van der Waals surface area contributed by atoms with E-state index < -0.39 is 22.5 Å². The van der Waals surface area contributed by atoms with Crippen LogP contribution in [0.5, 0.6) is 0 Å². The van der Waals surface area contributed by atoms with Crippen LogP contribution in [0.1, 0.15) is 32.6 Å². The van der Waals surface area contributed by atoms with E-state index in [0.717, 1.165) is 26.6 Å². The first kappa shape index (κ1) is 28.6. The van der Waals surface area contributed by atoms with Crippen LogP contribution in [0.4, 0.5) is 11.4 Å². The predicted octanol–water partition coefficient (Wildman–Crippen LogP) is 5.42. The summed E-state index contributed by atoms with van der Waals surface area (Å²) in [6.45, 7) is 5.66. The van der Waals surface area contributed by atoms with Gasteiger partial charge in [0.2, 0.25) is 5.91 Å². The number of nitrogens with zero attached hydrogens (tertiary/aromatic N) is 1. The molecule has 0 aliphatic carbocycles. The summed E-state index contributed by atoms with van der Waals surface area (Å²) in [6, 6.07) is 28.3. The standard InChI is InChI=1S/C32H33N3O4S/c1-23-13-17-28(18-14-23)40(38,39)35(27-16-15-24(2)25(3)21-27)22-31(36)34-30-12-8-7-11-29(30)32(37)33-20-19-26-9-5-4-6-10-26/h4-18,21H,19-20,22H2,1-3H3,(H,33,37)(H,34,36). The number of carbonyl (C=O) groups is 2. The van der Waals surface area contributed by atoms with Gasteiger partial charge >= 0.3 is 0 Å². The van der Waals surface area contributed by atoms with Gasteiger partial charge in [-0.15, -0.1) is 0 Å². The molecule has 0 unspecified atom stereocenters. The highest BCUT2D eigenvalue weighted by atomic mass is 32.2. The van der Waals surface area contributed by atoms with Gasteiger partial charge in [-0.25, -0.2) is 8.42 Å². The Morgan fingerprint density at radius 1 is 0.775 bits per heavy atom. The Bertz CT molecular complexity index is 1600. The van der Waals surface area contributed by atoms with Crippen LogP contribution in [-0.2, 0) is 21.2 Å². The first-order valence-electron chi connectivity index (χ1n) is 13.0. The molecule has 0 aliphatic rings. The van der Waals surface area contributed by atoms with Gasteiger partial charge < -0.3 is 10.6 Å². The van der Waals surface area contributed by atoms with E-state index in [1.54, 1.807) is 48.5 Å². The number of benzene rings is 4. The molecule has 0 fully saturated rings. The van der Waals surface area contributed by atoms with E-state index in [4.69, 9.17) is 0 Å². The van der Waals surface area contributed by atoms with Crippen molar-refractivity contribution in [2.45, 2.75) is 32.1 Å². The maximum Gasteiger partial charge on any atom is 0.264 e. The van der Waals surface area contributed by atoms with Crippen LogP contribution in [0.15, 0.2) is 102 Å². The summed E-state index contributed by atoms with van der Waals surface area (Å²) in [6.07, 6.45) is 0.670. The van der Waals surface area contributed by atoms with Gasteiger partial charge in [-0.1, -0.05) is 66.2 Å². The molecule has 0 atom stereocenters. The molecule has 4 rings (SSSR count). The molecule has 8 heteroatoms.